The third-order valence-electron chi connectivity index (χ3n) is 2.46. The fourth-order valence-electron chi connectivity index (χ4n) is 1.11. The van der Waals surface area contributed by atoms with Crippen molar-refractivity contribution in [3.63, 3.8) is 0 Å². The van der Waals surface area contributed by atoms with Gasteiger partial charge in [-0.3, -0.25) is 4.79 Å². The number of aromatic nitrogens is 2. The van der Waals surface area contributed by atoms with E-state index in [4.69, 9.17) is 0 Å². The molecule has 1 amide bonds. The molecule has 0 spiro atoms. The molecule has 0 aliphatic carbocycles. The second-order valence-corrected chi connectivity index (χ2v) is 4.15. The molecule has 0 aliphatic heterocycles. The maximum absolute atomic E-state index is 11.7. The van der Waals surface area contributed by atoms with Crippen LogP contribution < -0.4 is 10.6 Å². The summed E-state index contributed by atoms with van der Waals surface area (Å²) < 4.78 is 0. The zero-order valence-electron chi connectivity index (χ0n) is 10.2. The van der Waals surface area contributed by atoms with E-state index >= 15 is 0 Å². The molecule has 1 heterocycles. The molecule has 0 unspecified atom stereocenters. The summed E-state index contributed by atoms with van der Waals surface area (Å²) in [6.45, 7) is 5.90. The van der Waals surface area contributed by atoms with Gasteiger partial charge in [0.25, 0.3) is 0 Å². The van der Waals surface area contributed by atoms with Crippen molar-refractivity contribution in [1.82, 2.24) is 20.6 Å². The highest BCUT2D eigenvalue weighted by atomic mass is 16.2. The summed E-state index contributed by atoms with van der Waals surface area (Å²) in [6.07, 6.45) is 1.69. The Bertz CT molecular complexity index is 376. The molecule has 2 N–H and O–H groups in total. The number of amides is 1. The predicted molar refractivity (Wildman–Crippen MR) is 61.8 cm³/mol. The number of hydrogen-bond acceptors (Lipinski definition) is 4. The van der Waals surface area contributed by atoms with E-state index in [0.29, 0.717) is 12.4 Å². The van der Waals surface area contributed by atoms with Gasteiger partial charge in [0.1, 0.15) is 5.82 Å². The van der Waals surface area contributed by atoms with Crippen LogP contribution in [0.4, 0.5) is 0 Å². The van der Waals surface area contributed by atoms with Crippen molar-refractivity contribution >= 4 is 5.91 Å². The van der Waals surface area contributed by atoms with Crippen molar-refractivity contribution in [2.75, 3.05) is 7.05 Å². The number of rotatable bonds is 4. The Hall–Kier alpha value is -1.49. The fourth-order valence-corrected chi connectivity index (χ4v) is 1.11. The molecule has 0 aliphatic rings. The minimum absolute atomic E-state index is 0.0498. The summed E-state index contributed by atoms with van der Waals surface area (Å²) in [5.41, 5.74) is 0.245. The Morgan fingerprint density at radius 1 is 1.50 bits per heavy atom. The molecule has 5 nitrogen and oxygen atoms in total. The molecule has 16 heavy (non-hydrogen) atoms. The third kappa shape index (κ3) is 3.27. The van der Waals surface area contributed by atoms with E-state index in [2.05, 4.69) is 20.6 Å². The summed E-state index contributed by atoms with van der Waals surface area (Å²) in [4.78, 5) is 19.9. The van der Waals surface area contributed by atoms with Gasteiger partial charge >= 0.3 is 0 Å². The molecule has 0 fully saturated rings. The van der Waals surface area contributed by atoms with Gasteiger partial charge < -0.3 is 10.6 Å². The van der Waals surface area contributed by atoms with Crippen molar-refractivity contribution in [3.05, 3.63) is 23.8 Å². The SMILES string of the molecule is CNC(C)(C)C(=O)NCc1ccnc(C)n1. The fraction of sp³-hybridized carbons (Fsp3) is 0.545. The summed E-state index contributed by atoms with van der Waals surface area (Å²) in [5, 5.41) is 5.77. The Balaban J connectivity index is 2.56. The standard InChI is InChI=1S/C11H18N4O/c1-8-13-6-5-9(15-8)7-14-10(16)11(2,3)12-4/h5-6,12H,7H2,1-4H3,(H,14,16). The van der Waals surface area contributed by atoms with Crippen LogP contribution in [0.2, 0.25) is 0 Å². The summed E-state index contributed by atoms with van der Waals surface area (Å²) in [6, 6.07) is 1.79. The van der Waals surface area contributed by atoms with E-state index in [1.165, 1.54) is 0 Å². The number of hydrogen-bond donors (Lipinski definition) is 2. The Morgan fingerprint density at radius 2 is 2.19 bits per heavy atom. The summed E-state index contributed by atoms with van der Waals surface area (Å²) in [5.74, 6) is 0.658. The molecule has 0 saturated carbocycles. The molecule has 0 saturated heterocycles. The number of carbonyl (C=O) groups excluding carboxylic acids is 1. The zero-order valence-corrected chi connectivity index (χ0v) is 10.2. The Kier molecular flexibility index (Phi) is 3.95. The van der Waals surface area contributed by atoms with Gasteiger partial charge in [-0.05, 0) is 33.9 Å². The highest BCUT2D eigenvalue weighted by Crippen LogP contribution is 2.01. The van der Waals surface area contributed by atoms with Gasteiger partial charge in [-0.2, -0.15) is 0 Å². The smallest absolute Gasteiger partial charge is 0.240 e. The molecule has 1 aromatic rings. The maximum atomic E-state index is 11.7. The summed E-state index contributed by atoms with van der Waals surface area (Å²) in [7, 11) is 1.76. The first-order valence-electron chi connectivity index (χ1n) is 5.21. The van der Waals surface area contributed by atoms with Crippen molar-refractivity contribution in [1.29, 1.82) is 0 Å². The molecule has 88 valence electrons. The minimum atomic E-state index is -0.567. The monoisotopic (exact) mass is 222 g/mol. The topological polar surface area (TPSA) is 66.9 Å². The Labute approximate surface area is 95.7 Å². The van der Waals surface area contributed by atoms with E-state index in [-0.39, 0.29) is 5.91 Å². The molecule has 1 rings (SSSR count). The van der Waals surface area contributed by atoms with Crippen molar-refractivity contribution in [3.8, 4) is 0 Å². The first kappa shape index (κ1) is 12.6. The van der Waals surface area contributed by atoms with Gasteiger partial charge in [-0.25, -0.2) is 9.97 Å². The van der Waals surface area contributed by atoms with Gasteiger partial charge in [0, 0.05) is 6.20 Å². The van der Waals surface area contributed by atoms with Crippen LogP contribution in [0.15, 0.2) is 12.3 Å². The normalized spacial score (nSPS) is 11.2. The van der Waals surface area contributed by atoms with E-state index < -0.39 is 5.54 Å². The van der Waals surface area contributed by atoms with Crippen LogP contribution in [0, 0.1) is 6.92 Å². The lowest BCUT2D eigenvalue weighted by atomic mass is 10.1. The van der Waals surface area contributed by atoms with Gasteiger partial charge in [0.2, 0.25) is 5.91 Å². The molecular weight excluding hydrogens is 204 g/mol. The minimum Gasteiger partial charge on any atom is -0.349 e. The quantitative estimate of drug-likeness (QED) is 0.774. The van der Waals surface area contributed by atoms with Crippen LogP contribution in [0.3, 0.4) is 0 Å². The van der Waals surface area contributed by atoms with Crippen LogP contribution in [0.25, 0.3) is 0 Å². The zero-order chi connectivity index (χ0) is 12.2. The number of aryl methyl sites for hydroxylation is 1. The van der Waals surface area contributed by atoms with E-state index in [9.17, 15) is 4.79 Å². The van der Waals surface area contributed by atoms with Crippen LogP contribution in [0.5, 0.6) is 0 Å². The summed E-state index contributed by atoms with van der Waals surface area (Å²) >= 11 is 0. The van der Waals surface area contributed by atoms with Crippen LogP contribution in [-0.4, -0.2) is 28.5 Å². The van der Waals surface area contributed by atoms with E-state index in [1.54, 1.807) is 19.3 Å². The van der Waals surface area contributed by atoms with E-state index in [0.717, 1.165) is 5.69 Å². The van der Waals surface area contributed by atoms with Gasteiger partial charge in [-0.1, -0.05) is 0 Å². The average molecular weight is 222 g/mol. The molecule has 0 atom stereocenters. The lowest BCUT2D eigenvalue weighted by molar-refractivity contribution is -0.126. The van der Waals surface area contributed by atoms with Crippen molar-refractivity contribution in [2.45, 2.75) is 32.9 Å². The highest BCUT2D eigenvalue weighted by molar-refractivity contribution is 5.85. The number of likely N-dealkylation sites (N-methyl/N-ethyl adjacent to an activating group) is 1. The van der Waals surface area contributed by atoms with Crippen LogP contribution in [-0.2, 0) is 11.3 Å². The van der Waals surface area contributed by atoms with E-state index in [1.807, 2.05) is 20.8 Å². The van der Waals surface area contributed by atoms with Gasteiger partial charge in [0.05, 0.1) is 17.8 Å². The molecular formula is C11H18N4O. The lowest BCUT2D eigenvalue weighted by Gasteiger charge is -2.22. The molecule has 0 aromatic carbocycles. The Morgan fingerprint density at radius 3 is 2.75 bits per heavy atom. The average Bonchev–Trinajstić information content (AvgIpc) is 2.26. The first-order chi connectivity index (χ1) is 7.45. The molecule has 1 aromatic heterocycles. The predicted octanol–water partition coefficient (Wildman–Crippen LogP) is 0.399. The van der Waals surface area contributed by atoms with Crippen LogP contribution in [0.1, 0.15) is 25.4 Å². The van der Waals surface area contributed by atoms with Gasteiger partial charge in [-0.15, -0.1) is 0 Å². The number of carbonyl (C=O) groups is 1. The molecule has 5 heteroatoms. The van der Waals surface area contributed by atoms with Gasteiger partial charge in [0.15, 0.2) is 0 Å². The lowest BCUT2D eigenvalue weighted by Crippen LogP contribution is -2.50. The largest absolute Gasteiger partial charge is 0.349 e. The van der Waals surface area contributed by atoms with Crippen molar-refractivity contribution < 1.29 is 4.79 Å². The molecule has 0 radical (unpaired) electrons. The molecule has 0 bridgehead atoms. The second-order valence-electron chi connectivity index (χ2n) is 4.15. The first-order valence-corrected chi connectivity index (χ1v) is 5.21. The van der Waals surface area contributed by atoms with Crippen LogP contribution >= 0.6 is 0 Å². The highest BCUT2D eigenvalue weighted by Gasteiger charge is 2.24. The third-order valence-corrected chi connectivity index (χ3v) is 2.46. The number of nitrogens with zero attached hydrogens (tertiary/aromatic N) is 2. The van der Waals surface area contributed by atoms with Crippen molar-refractivity contribution in [2.24, 2.45) is 0 Å². The second kappa shape index (κ2) is 5.03. The maximum Gasteiger partial charge on any atom is 0.240 e. The number of nitrogens with one attached hydrogen (secondary N) is 2.